The number of ether oxygens (including phenoxy) is 1. The van der Waals surface area contributed by atoms with E-state index in [1.54, 1.807) is 0 Å². The first-order valence-electron chi connectivity index (χ1n) is 10.4. The lowest BCUT2D eigenvalue weighted by Gasteiger charge is -2.36. The van der Waals surface area contributed by atoms with Crippen LogP contribution in [0.4, 0.5) is 5.95 Å². The topological polar surface area (TPSA) is 61.5 Å². The lowest BCUT2D eigenvalue weighted by Crippen LogP contribution is -2.47. The Morgan fingerprint density at radius 2 is 1.97 bits per heavy atom. The molecule has 2 aromatic rings. The van der Waals surface area contributed by atoms with Crippen LogP contribution in [0, 0.1) is 0 Å². The summed E-state index contributed by atoms with van der Waals surface area (Å²) in [5, 5.41) is 0. The van der Waals surface area contributed by atoms with E-state index < -0.39 is 0 Å². The van der Waals surface area contributed by atoms with Gasteiger partial charge in [0.1, 0.15) is 0 Å². The lowest BCUT2D eigenvalue weighted by molar-refractivity contribution is -0.00576. The van der Waals surface area contributed by atoms with Gasteiger partial charge in [-0.15, -0.1) is 0 Å². The molecule has 1 fully saturated rings. The Morgan fingerprint density at radius 1 is 1.24 bits per heavy atom. The maximum atomic E-state index is 12.7. The number of aromatic nitrogens is 2. The summed E-state index contributed by atoms with van der Waals surface area (Å²) in [6, 6.07) is 10.4. The van der Waals surface area contributed by atoms with Gasteiger partial charge >= 0.3 is 0 Å². The maximum absolute atomic E-state index is 12.7. The van der Waals surface area contributed by atoms with Crippen LogP contribution in [0.3, 0.4) is 0 Å². The summed E-state index contributed by atoms with van der Waals surface area (Å²) < 4.78 is 5.81. The molecule has 6 nitrogen and oxygen atoms in total. The van der Waals surface area contributed by atoms with Gasteiger partial charge in [-0.05, 0) is 32.8 Å². The predicted octanol–water partition coefficient (Wildman–Crippen LogP) is 2.85. The number of morpholine rings is 1. The molecule has 4 rings (SSSR count). The number of benzene rings is 1. The average Bonchev–Trinajstić information content (AvgIpc) is 2.67. The summed E-state index contributed by atoms with van der Waals surface area (Å²) in [7, 11) is 0. The van der Waals surface area contributed by atoms with E-state index in [0.717, 1.165) is 43.9 Å². The molecule has 2 aliphatic heterocycles. The summed E-state index contributed by atoms with van der Waals surface area (Å²) >= 11 is 0. The summed E-state index contributed by atoms with van der Waals surface area (Å²) in [6.45, 7) is 10.2. The number of nitrogens with zero attached hydrogens (tertiary/aromatic N) is 3. The van der Waals surface area contributed by atoms with E-state index >= 15 is 0 Å². The molecule has 0 unspecified atom stereocenters. The minimum Gasteiger partial charge on any atom is -0.372 e. The Balaban J connectivity index is 1.50. The molecule has 0 aliphatic carbocycles. The Kier molecular flexibility index (Phi) is 5.83. The highest BCUT2D eigenvalue weighted by Gasteiger charge is 2.26. The molecule has 6 heteroatoms. The van der Waals surface area contributed by atoms with Crippen molar-refractivity contribution in [2.24, 2.45) is 0 Å². The molecule has 0 bridgehead atoms. The van der Waals surface area contributed by atoms with Crippen molar-refractivity contribution in [3.8, 4) is 0 Å². The molecule has 29 heavy (non-hydrogen) atoms. The van der Waals surface area contributed by atoms with Crippen molar-refractivity contribution < 1.29 is 4.74 Å². The van der Waals surface area contributed by atoms with Gasteiger partial charge < -0.3 is 9.64 Å². The highest BCUT2D eigenvalue weighted by atomic mass is 16.5. The van der Waals surface area contributed by atoms with Crippen LogP contribution in [0.15, 0.2) is 40.7 Å². The van der Waals surface area contributed by atoms with E-state index in [0.29, 0.717) is 12.5 Å². The standard InChI is InChI=1S/C23H30N4O2/c1-16(11-19-7-5-4-6-8-19)12-26-10-9-20-21(15-26)24-23(25-22(20)28)27-13-17(2)29-18(3)14-27/h4-8,11,17-18H,9-10,12-15H2,1-3H3,(H,24,25,28)/b16-11+/t17-,18-/m0/s1. The van der Waals surface area contributed by atoms with Gasteiger partial charge in [0.2, 0.25) is 5.95 Å². The van der Waals surface area contributed by atoms with Crippen LogP contribution in [0.1, 0.15) is 37.6 Å². The minimum absolute atomic E-state index is 0.00741. The van der Waals surface area contributed by atoms with Crippen molar-refractivity contribution >= 4 is 12.0 Å². The zero-order valence-corrected chi connectivity index (χ0v) is 17.5. The molecule has 0 radical (unpaired) electrons. The average molecular weight is 395 g/mol. The van der Waals surface area contributed by atoms with E-state index in [2.05, 4.69) is 65.9 Å². The quantitative estimate of drug-likeness (QED) is 0.864. The van der Waals surface area contributed by atoms with Crippen molar-refractivity contribution in [1.29, 1.82) is 0 Å². The van der Waals surface area contributed by atoms with E-state index in [9.17, 15) is 4.79 Å². The fraction of sp³-hybridized carbons (Fsp3) is 0.478. The first-order chi connectivity index (χ1) is 14.0. The Bertz CT molecular complexity index is 928. The van der Waals surface area contributed by atoms with E-state index in [4.69, 9.17) is 9.72 Å². The third-order valence-electron chi connectivity index (χ3n) is 5.54. The van der Waals surface area contributed by atoms with Crippen molar-refractivity contribution in [2.45, 2.75) is 45.9 Å². The van der Waals surface area contributed by atoms with Crippen LogP contribution in [-0.4, -0.2) is 53.3 Å². The molecule has 1 aromatic heterocycles. The van der Waals surface area contributed by atoms with Crippen molar-refractivity contribution in [3.05, 3.63) is 63.1 Å². The Hall–Kier alpha value is -2.44. The minimum atomic E-state index is 0.00741. The second kappa shape index (κ2) is 8.51. The van der Waals surface area contributed by atoms with Gasteiger partial charge in [-0.1, -0.05) is 42.0 Å². The first-order valence-corrected chi connectivity index (χ1v) is 10.4. The van der Waals surface area contributed by atoms with Crippen molar-refractivity contribution in [3.63, 3.8) is 0 Å². The molecule has 0 saturated carbocycles. The zero-order chi connectivity index (χ0) is 20.4. The third kappa shape index (κ3) is 4.77. The Labute approximate surface area is 172 Å². The fourth-order valence-corrected chi connectivity index (χ4v) is 4.35. The number of hydrogen-bond acceptors (Lipinski definition) is 5. The number of hydrogen-bond donors (Lipinski definition) is 1. The number of H-pyrrole nitrogens is 1. The molecule has 154 valence electrons. The second-order valence-electron chi connectivity index (χ2n) is 8.34. The van der Waals surface area contributed by atoms with Crippen molar-refractivity contribution in [1.82, 2.24) is 14.9 Å². The van der Waals surface area contributed by atoms with Gasteiger partial charge in [-0.2, -0.15) is 0 Å². The molecule has 2 aliphatic rings. The number of nitrogens with one attached hydrogen (secondary N) is 1. The molecule has 0 amide bonds. The Morgan fingerprint density at radius 3 is 2.69 bits per heavy atom. The fourth-order valence-electron chi connectivity index (χ4n) is 4.35. The summed E-state index contributed by atoms with van der Waals surface area (Å²) in [6.07, 6.45) is 3.22. The summed E-state index contributed by atoms with van der Waals surface area (Å²) in [4.78, 5) is 25.1. The molecule has 1 N–H and O–H groups in total. The van der Waals surface area contributed by atoms with Gasteiger partial charge in [0.25, 0.3) is 5.56 Å². The van der Waals surface area contributed by atoms with Gasteiger partial charge in [-0.3, -0.25) is 14.7 Å². The summed E-state index contributed by atoms with van der Waals surface area (Å²) in [5.74, 6) is 0.675. The third-order valence-corrected chi connectivity index (χ3v) is 5.54. The predicted molar refractivity (Wildman–Crippen MR) is 116 cm³/mol. The molecule has 1 saturated heterocycles. The van der Waals surface area contributed by atoms with Crippen LogP contribution < -0.4 is 10.5 Å². The van der Waals surface area contributed by atoms with Crippen LogP contribution in [-0.2, 0) is 17.7 Å². The molecule has 2 atom stereocenters. The highest BCUT2D eigenvalue weighted by Crippen LogP contribution is 2.20. The highest BCUT2D eigenvalue weighted by molar-refractivity contribution is 5.52. The smallest absolute Gasteiger partial charge is 0.255 e. The molecular weight excluding hydrogens is 364 g/mol. The monoisotopic (exact) mass is 394 g/mol. The molecule has 0 spiro atoms. The van der Waals surface area contributed by atoms with Gasteiger partial charge in [0.05, 0.1) is 17.9 Å². The van der Waals surface area contributed by atoms with Gasteiger partial charge in [-0.25, -0.2) is 4.98 Å². The maximum Gasteiger partial charge on any atom is 0.255 e. The molecular formula is C23H30N4O2. The number of rotatable bonds is 4. The van der Waals surface area contributed by atoms with Gasteiger partial charge in [0, 0.05) is 38.3 Å². The van der Waals surface area contributed by atoms with Crippen LogP contribution in [0.5, 0.6) is 0 Å². The van der Waals surface area contributed by atoms with Crippen LogP contribution >= 0.6 is 0 Å². The normalized spacial score (nSPS) is 23.1. The SMILES string of the molecule is C/C(=C\c1ccccc1)CN1CCc2c(nc(N3C[C@H](C)O[C@@H](C)C3)[nH]c2=O)C1. The molecule has 3 heterocycles. The van der Waals surface area contributed by atoms with E-state index in [-0.39, 0.29) is 17.8 Å². The number of fused-ring (bicyclic) bond motifs is 1. The molecule has 1 aromatic carbocycles. The second-order valence-corrected chi connectivity index (χ2v) is 8.34. The van der Waals surface area contributed by atoms with E-state index in [1.165, 1.54) is 11.1 Å². The van der Waals surface area contributed by atoms with Gasteiger partial charge in [0.15, 0.2) is 0 Å². The first kappa shape index (κ1) is 19.9. The number of aromatic amines is 1. The van der Waals surface area contributed by atoms with E-state index in [1.807, 2.05) is 6.07 Å². The van der Waals surface area contributed by atoms with Crippen LogP contribution in [0.25, 0.3) is 6.08 Å². The largest absolute Gasteiger partial charge is 0.372 e. The zero-order valence-electron chi connectivity index (χ0n) is 17.5. The lowest BCUT2D eigenvalue weighted by atomic mass is 10.1. The van der Waals surface area contributed by atoms with Crippen molar-refractivity contribution in [2.75, 3.05) is 31.1 Å². The van der Waals surface area contributed by atoms with Crippen LogP contribution in [0.2, 0.25) is 0 Å². The number of anilines is 1. The summed E-state index contributed by atoms with van der Waals surface area (Å²) in [5.41, 5.74) is 4.28.